The van der Waals surface area contributed by atoms with E-state index in [1.165, 1.54) is 5.56 Å². The zero-order valence-corrected chi connectivity index (χ0v) is 17.4. The van der Waals surface area contributed by atoms with Gasteiger partial charge in [-0.1, -0.05) is 30.3 Å². The predicted octanol–water partition coefficient (Wildman–Crippen LogP) is 1.09. The number of pyridine rings is 1. The fraction of sp³-hybridized carbons (Fsp3) is 0.455. The van der Waals surface area contributed by atoms with Crippen molar-refractivity contribution in [2.75, 3.05) is 38.1 Å². The van der Waals surface area contributed by atoms with E-state index in [2.05, 4.69) is 57.8 Å². The van der Waals surface area contributed by atoms with E-state index < -0.39 is 6.04 Å². The highest BCUT2D eigenvalue weighted by Gasteiger charge is 2.15. The summed E-state index contributed by atoms with van der Waals surface area (Å²) in [7, 11) is 2.16. The topological polar surface area (TPSA) is 86.5 Å². The number of anilines is 1. The van der Waals surface area contributed by atoms with Crippen molar-refractivity contribution in [1.29, 1.82) is 0 Å². The molecule has 1 aliphatic rings. The van der Waals surface area contributed by atoms with Gasteiger partial charge in [0, 0.05) is 45.8 Å². The van der Waals surface area contributed by atoms with Crippen molar-refractivity contribution >= 4 is 11.7 Å². The van der Waals surface area contributed by atoms with Crippen molar-refractivity contribution in [2.45, 2.75) is 32.6 Å². The van der Waals surface area contributed by atoms with Crippen LogP contribution in [0.5, 0.6) is 0 Å². The second-order valence-corrected chi connectivity index (χ2v) is 7.70. The maximum Gasteiger partial charge on any atom is 0.236 e. The van der Waals surface area contributed by atoms with Crippen LogP contribution in [0.2, 0.25) is 0 Å². The Morgan fingerprint density at radius 1 is 1.03 bits per heavy atom. The fourth-order valence-corrected chi connectivity index (χ4v) is 3.24. The molecule has 0 bridgehead atoms. The van der Waals surface area contributed by atoms with Crippen molar-refractivity contribution in [1.82, 2.24) is 20.5 Å². The molecule has 0 radical (unpaired) electrons. The molecule has 1 aliphatic heterocycles. The summed E-state index contributed by atoms with van der Waals surface area (Å²) in [5.41, 5.74) is 8.86. The van der Waals surface area contributed by atoms with Crippen LogP contribution >= 0.6 is 0 Å². The van der Waals surface area contributed by atoms with Crippen LogP contribution in [-0.4, -0.2) is 55.1 Å². The summed E-state index contributed by atoms with van der Waals surface area (Å²) in [6.07, 6.45) is 0. The maximum atomic E-state index is 11.5. The number of benzene rings is 1. The number of hydrogen-bond donors (Lipinski definition) is 3. The first-order valence-electron chi connectivity index (χ1n) is 10.2. The fourth-order valence-electron chi connectivity index (χ4n) is 3.24. The highest BCUT2D eigenvalue weighted by molar-refractivity contribution is 5.80. The second-order valence-electron chi connectivity index (χ2n) is 7.70. The van der Waals surface area contributed by atoms with Gasteiger partial charge in [-0.3, -0.25) is 4.79 Å². The number of nitrogens with zero attached hydrogens (tertiary/aromatic N) is 3. The van der Waals surface area contributed by atoms with Gasteiger partial charge in [-0.25, -0.2) is 4.98 Å². The van der Waals surface area contributed by atoms with Crippen LogP contribution in [0.15, 0.2) is 42.5 Å². The van der Waals surface area contributed by atoms with Crippen LogP contribution in [0.4, 0.5) is 5.82 Å². The van der Waals surface area contributed by atoms with E-state index in [-0.39, 0.29) is 5.91 Å². The Hall–Kier alpha value is -2.48. The average Bonchev–Trinajstić information content (AvgIpc) is 2.73. The van der Waals surface area contributed by atoms with E-state index in [0.717, 1.165) is 56.3 Å². The van der Waals surface area contributed by atoms with Gasteiger partial charge in [0.2, 0.25) is 5.91 Å². The number of nitrogens with two attached hydrogens (primary N) is 1. The van der Waals surface area contributed by atoms with Gasteiger partial charge >= 0.3 is 0 Å². The lowest BCUT2D eigenvalue weighted by atomic mass is 10.1. The Morgan fingerprint density at radius 2 is 1.69 bits per heavy atom. The molecule has 1 fully saturated rings. The SMILES string of the molecule is C[C@H](N)C(=O)NCc1ccc(CNCc2cccc(N3CCN(C)CC3)n2)cc1. The molecule has 7 heteroatoms. The molecule has 0 spiro atoms. The number of piperazine rings is 1. The number of amides is 1. The zero-order chi connectivity index (χ0) is 20.6. The van der Waals surface area contributed by atoms with Gasteiger partial charge in [0.25, 0.3) is 0 Å². The number of rotatable bonds is 8. The van der Waals surface area contributed by atoms with Crippen LogP contribution in [0.1, 0.15) is 23.7 Å². The molecule has 29 heavy (non-hydrogen) atoms. The zero-order valence-electron chi connectivity index (χ0n) is 17.4. The molecule has 4 N–H and O–H groups in total. The lowest BCUT2D eigenvalue weighted by Gasteiger charge is -2.33. The second kappa shape index (κ2) is 10.3. The maximum absolute atomic E-state index is 11.5. The van der Waals surface area contributed by atoms with E-state index in [4.69, 9.17) is 10.7 Å². The van der Waals surface area contributed by atoms with Crippen LogP contribution in [0.25, 0.3) is 0 Å². The average molecular weight is 397 g/mol. The number of carbonyl (C=O) groups excluding carboxylic acids is 1. The van der Waals surface area contributed by atoms with Crippen molar-refractivity contribution in [3.63, 3.8) is 0 Å². The van der Waals surface area contributed by atoms with Crippen LogP contribution in [0.3, 0.4) is 0 Å². The van der Waals surface area contributed by atoms with Gasteiger partial charge in [0.1, 0.15) is 5.82 Å². The molecule has 1 amide bonds. The Balaban J connectivity index is 1.45. The molecule has 3 rings (SSSR count). The molecule has 0 aliphatic carbocycles. The summed E-state index contributed by atoms with van der Waals surface area (Å²) in [5.74, 6) is 0.928. The van der Waals surface area contributed by atoms with Crippen molar-refractivity contribution < 1.29 is 4.79 Å². The summed E-state index contributed by atoms with van der Waals surface area (Å²) >= 11 is 0. The van der Waals surface area contributed by atoms with Crippen molar-refractivity contribution in [3.05, 3.63) is 59.3 Å². The molecule has 7 nitrogen and oxygen atoms in total. The van der Waals surface area contributed by atoms with Gasteiger partial charge in [0.05, 0.1) is 11.7 Å². The van der Waals surface area contributed by atoms with Gasteiger partial charge in [0.15, 0.2) is 0 Å². The Labute approximate surface area is 173 Å². The Kier molecular flexibility index (Phi) is 7.57. The number of carbonyl (C=O) groups is 1. The molecule has 0 saturated carbocycles. The van der Waals surface area contributed by atoms with Gasteiger partial charge < -0.3 is 26.2 Å². The van der Waals surface area contributed by atoms with Gasteiger partial charge in [-0.05, 0) is 37.2 Å². The molecular weight excluding hydrogens is 364 g/mol. The normalized spacial score (nSPS) is 15.9. The quantitative estimate of drug-likeness (QED) is 0.619. The summed E-state index contributed by atoms with van der Waals surface area (Å²) < 4.78 is 0. The summed E-state index contributed by atoms with van der Waals surface area (Å²) in [5, 5.41) is 6.29. The number of hydrogen-bond acceptors (Lipinski definition) is 6. The number of aromatic nitrogens is 1. The molecule has 1 aromatic heterocycles. The largest absolute Gasteiger partial charge is 0.354 e. The first-order chi connectivity index (χ1) is 14.0. The minimum atomic E-state index is -0.484. The summed E-state index contributed by atoms with van der Waals surface area (Å²) in [6.45, 7) is 7.89. The van der Waals surface area contributed by atoms with Crippen LogP contribution in [-0.2, 0) is 24.4 Å². The van der Waals surface area contributed by atoms with Crippen molar-refractivity contribution in [2.24, 2.45) is 5.73 Å². The molecule has 2 heterocycles. The molecule has 2 aromatic rings. The molecule has 156 valence electrons. The minimum absolute atomic E-state index is 0.137. The van der Waals surface area contributed by atoms with E-state index in [1.54, 1.807) is 6.92 Å². The monoisotopic (exact) mass is 396 g/mol. The first kappa shape index (κ1) is 21.2. The van der Waals surface area contributed by atoms with Crippen molar-refractivity contribution in [3.8, 4) is 0 Å². The van der Waals surface area contributed by atoms with E-state index in [1.807, 2.05) is 12.1 Å². The highest BCUT2D eigenvalue weighted by atomic mass is 16.2. The Bertz CT molecular complexity index is 784. The molecule has 1 atom stereocenters. The summed E-state index contributed by atoms with van der Waals surface area (Å²) in [4.78, 5) is 21.1. The third kappa shape index (κ3) is 6.52. The first-order valence-corrected chi connectivity index (χ1v) is 10.2. The Morgan fingerprint density at radius 3 is 2.34 bits per heavy atom. The van der Waals surface area contributed by atoms with Crippen LogP contribution < -0.4 is 21.3 Å². The lowest BCUT2D eigenvalue weighted by Crippen LogP contribution is -2.44. The van der Waals surface area contributed by atoms with E-state index >= 15 is 0 Å². The smallest absolute Gasteiger partial charge is 0.236 e. The van der Waals surface area contributed by atoms with E-state index in [0.29, 0.717) is 6.54 Å². The van der Waals surface area contributed by atoms with Gasteiger partial charge in [-0.15, -0.1) is 0 Å². The summed E-state index contributed by atoms with van der Waals surface area (Å²) in [6, 6.07) is 14.0. The number of nitrogens with one attached hydrogen (secondary N) is 2. The third-order valence-electron chi connectivity index (χ3n) is 5.16. The molecule has 0 unspecified atom stereocenters. The highest BCUT2D eigenvalue weighted by Crippen LogP contribution is 2.14. The number of likely N-dealkylation sites (N-methyl/N-ethyl adjacent to an activating group) is 1. The standard InChI is InChI=1S/C22H32N6O/c1-17(23)22(29)25-15-19-8-6-18(7-9-19)14-24-16-20-4-3-5-21(26-20)28-12-10-27(2)11-13-28/h3-9,17,24H,10-16,23H2,1-2H3,(H,25,29)/t17-/m0/s1. The molecule has 1 aromatic carbocycles. The third-order valence-corrected chi connectivity index (χ3v) is 5.16. The van der Waals surface area contributed by atoms with Crippen LogP contribution in [0, 0.1) is 0 Å². The minimum Gasteiger partial charge on any atom is -0.354 e. The lowest BCUT2D eigenvalue weighted by molar-refractivity contribution is -0.122. The molecule has 1 saturated heterocycles. The van der Waals surface area contributed by atoms with E-state index in [9.17, 15) is 4.79 Å². The van der Waals surface area contributed by atoms with Gasteiger partial charge in [-0.2, -0.15) is 0 Å². The predicted molar refractivity (Wildman–Crippen MR) is 116 cm³/mol. The molecular formula is C22H32N6O.